The summed E-state index contributed by atoms with van der Waals surface area (Å²) in [5.41, 5.74) is 0.719. The first-order valence-electron chi connectivity index (χ1n) is 5.37. The molecule has 1 atom stereocenters. The van der Waals surface area contributed by atoms with E-state index >= 15 is 0 Å². The average Bonchev–Trinajstić information content (AvgIpc) is 2.23. The fourth-order valence-corrected chi connectivity index (χ4v) is 1.65. The number of rotatable bonds is 5. The number of halogens is 1. The molecule has 0 aliphatic rings. The van der Waals surface area contributed by atoms with Gasteiger partial charge in [-0.15, -0.1) is 0 Å². The average molecular weight is 245 g/mol. The van der Waals surface area contributed by atoms with Crippen molar-refractivity contribution in [3.05, 3.63) is 22.7 Å². The highest BCUT2D eigenvalue weighted by atomic mass is 35.5. The van der Waals surface area contributed by atoms with Gasteiger partial charge in [0, 0.05) is 0 Å². The molecule has 3 nitrogen and oxygen atoms in total. The third kappa shape index (κ3) is 3.03. The monoisotopic (exact) mass is 244 g/mol. The van der Waals surface area contributed by atoms with Gasteiger partial charge in [-0.2, -0.15) is 0 Å². The van der Waals surface area contributed by atoms with E-state index < -0.39 is 6.10 Å². The zero-order valence-electron chi connectivity index (χ0n) is 9.79. The Balaban J connectivity index is 3.16. The summed E-state index contributed by atoms with van der Waals surface area (Å²) >= 11 is 6.08. The van der Waals surface area contributed by atoms with Crippen molar-refractivity contribution in [1.82, 2.24) is 0 Å². The van der Waals surface area contributed by atoms with Crippen LogP contribution in [0.3, 0.4) is 0 Å². The van der Waals surface area contributed by atoms with Crippen molar-refractivity contribution in [2.24, 2.45) is 0 Å². The first kappa shape index (κ1) is 13.1. The molecule has 0 heterocycles. The van der Waals surface area contributed by atoms with Crippen molar-refractivity contribution in [1.29, 1.82) is 0 Å². The van der Waals surface area contributed by atoms with Crippen LogP contribution >= 0.6 is 11.6 Å². The minimum atomic E-state index is -0.576. The second kappa shape index (κ2) is 5.97. The van der Waals surface area contributed by atoms with Gasteiger partial charge in [-0.1, -0.05) is 11.6 Å². The van der Waals surface area contributed by atoms with E-state index in [0.717, 1.165) is 5.56 Å². The molecular weight excluding hydrogens is 228 g/mol. The maximum Gasteiger partial charge on any atom is 0.179 e. The Morgan fingerprint density at radius 1 is 1.25 bits per heavy atom. The zero-order valence-corrected chi connectivity index (χ0v) is 10.5. The Morgan fingerprint density at radius 2 is 1.88 bits per heavy atom. The lowest BCUT2D eigenvalue weighted by atomic mass is 10.1. The molecule has 1 aromatic carbocycles. The smallest absolute Gasteiger partial charge is 0.179 e. The fourth-order valence-electron chi connectivity index (χ4n) is 1.38. The number of hydrogen-bond acceptors (Lipinski definition) is 3. The molecule has 16 heavy (non-hydrogen) atoms. The molecule has 1 rings (SSSR count). The van der Waals surface area contributed by atoms with E-state index in [4.69, 9.17) is 21.1 Å². The topological polar surface area (TPSA) is 38.7 Å². The number of hydrogen-bond donors (Lipinski definition) is 1. The van der Waals surface area contributed by atoms with Crippen molar-refractivity contribution in [3.63, 3.8) is 0 Å². The molecule has 0 saturated heterocycles. The van der Waals surface area contributed by atoms with E-state index in [0.29, 0.717) is 29.7 Å². The van der Waals surface area contributed by atoms with Gasteiger partial charge in [-0.05, 0) is 38.5 Å². The molecule has 0 fully saturated rings. The Hall–Kier alpha value is -0.930. The molecule has 1 unspecified atom stereocenters. The van der Waals surface area contributed by atoms with Crippen LogP contribution in [0.5, 0.6) is 11.5 Å². The summed E-state index contributed by atoms with van der Waals surface area (Å²) < 4.78 is 10.9. The maximum absolute atomic E-state index is 9.51. The van der Waals surface area contributed by atoms with Gasteiger partial charge < -0.3 is 14.6 Å². The Kier molecular flexibility index (Phi) is 4.90. The van der Waals surface area contributed by atoms with Crippen LogP contribution in [0.2, 0.25) is 5.02 Å². The molecule has 90 valence electrons. The summed E-state index contributed by atoms with van der Waals surface area (Å²) in [5, 5.41) is 9.97. The lowest BCUT2D eigenvalue weighted by Gasteiger charge is -2.15. The predicted molar refractivity (Wildman–Crippen MR) is 64.4 cm³/mol. The van der Waals surface area contributed by atoms with E-state index in [9.17, 15) is 5.11 Å². The lowest BCUT2D eigenvalue weighted by molar-refractivity contribution is 0.198. The lowest BCUT2D eigenvalue weighted by Crippen LogP contribution is -2.01. The predicted octanol–water partition coefficient (Wildman–Crippen LogP) is 3.19. The van der Waals surface area contributed by atoms with Gasteiger partial charge >= 0.3 is 0 Å². The van der Waals surface area contributed by atoms with E-state index in [1.807, 2.05) is 13.8 Å². The third-order valence-electron chi connectivity index (χ3n) is 2.10. The van der Waals surface area contributed by atoms with E-state index in [-0.39, 0.29) is 0 Å². The van der Waals surface area contributed by atoms with Gasteiger partial charge in [0.15, 0.2) is 11.5 Å². The molecule has 0 radical (unpaired) electrons. The Morgan fingerprint density at radius 3 is 2.38 bits per heavy atom. The third-order valence-corrected chi connectivity index (χ3v) is 2.38. The molecule has 0 spiro atoms. The number of benzene rings is 1. The quantitative estimate of drug-likeness (QED) is 0.865. The van der Waals surface area contributed by atoms with Crippen molar-refractivity contribution in [2.45, 2.75) is 26.9 Å². The molecule has 0 aliphatic carbocycles. The second-order valence-electron chi connectivity index (χ2n) is 3.37. The van der Waals surface area contributed by atoms with Gasteiger partial charge in [-0.3, -0.25) is 0 Å². The summed E-state index contributed by atoms with van der Waals surface area (Å²) in [4.78, 5) is 0. The molecule has 0 bridgehead atoms. The SMILES string of the molecule is CCOc1cc(C(C)O)cc(Cl)c1OCC. The van der Waals surface area contributed by atoms with Crippen LogP contribution in [0.25, 0.3) is 0 Å². The van der Waals surface area contributed by atoms with Crippen LogP contribution in [-0.4, -0.2) is 18.3 Å². The summed E-state index contributed by atoms with van der Waals surface area (Å²) in [6.07, 6.45) is -0.576. The number of aliphatic hydroxyl groups excluding tert-OH is 1. The molecule has 4 heteroatoms. The summed E-state index contributed by atoms with van der Waals surface area (Å²) in [6.45, 7) is 6.50. The highest BCUT2D eigenvalue weighted by Gasteiger charge is 2.14. The van der Waals surface area contributed by atoms with Gasteiger partial charge in [0.05, 0.1) is 24.3 Å². The van der Waals surface area contributed by atoms with Crippen molar-refractivity contribution in [3.8, 4) is 11.5 Å². The molecule has 1 aromatic rings. The first-order chi connectivity index (χ1) is 7.60. The minimum Gasteiger partial charge on any atom is -0.490 e. The standard InChI is InChI=1S/C12H17ClO3/c1-4-15-11-7-9(8(3)14)6-10(13)12(11)16-5-2/h6-8,14H,4-5H2,1-3H3. The largest absolute Gasteiger partial charge is 0.490 e. The normalized spacial score (nSPS) is 12.3. The highest BCUT2D eigenvalue weighted by molar-refractivity contribution is 6.32. The summed E-state index contributed by atoms with van der Waals surface area (Å²) in [6, 6.07) is 3.45. The molecular formula is C12H17ClO3. The van der Waals surface area contributed by atoms with E-state index in [1.165, 1.54) is 0 Å². The van der Waals surface area contributed by atoms with Crippen LogP contribution in [0, 0.1) is 0 Å². The Bertz CT molecular complexity index is 350. The fraction of sp³-hybridized carbons (Fsp3) is 0.500. The van der Waals surface area contributed by atoms with Crippen LogP contribution in [0.15, 0.2) is 12.1 Å². The molecule has 1 N–H and O–H groups in total. The van der Waals surface area contributed by atoms with Crippen LogP contribution < -0.4 is 9.47 Å². The second-order valence-corrected chi connectivity index (χ2v) is 3.78. The van der Waals surface area contributed by atoms with E-state index in [2.05, 4.69) is 0 Å². The summed E-state index contributed by atoms with van der Waals surface area (Å²) in [7, 11) is 0. The maximum atomic E-state index is 9.51. The molecule has 0 aliphatic heterocycles. The molecule has 0 aromatic heterocycles. The van der Waals surface area contributed by atoms with E-state index in [1.54, 1.807) is 19.1 Å². The van der Waals surface area contributed by atoms with Gasteiger partial charge in [0.2, 0.25) is 0 Å². The summed E-state index contributed by atoms with van der Waals surface area (Å²) in [5.74, 6) is 1.11. The van der Waals surface area contributed by atoms with Gasteiger partial charge in [-0.25, -0.2) is 0 Å². The van der Waals surface area contributed by atoms with Crippen LogP contribution in [-0.2, 0) is 0 Å². The van der Waals surface area contributed by atoms with Crippen molar-refractivity contribution < 1.29 is 14.6 Å². The molecule has 0 saturated carbocycles. The first-order valence-corrected chi connectivity index (χ1v) is 5.75. The van der Waals surface area contributed by atoms with Crippen LogP contribution in [0.4, 0.5) is 0 Å². The number of ether oxygens (including phenoxy) is 2. The zero-order chi connectivity index (χ0) is 12.1. The van der Waals surface area contributed by atoms with Gasteiger partial charge in [0.1, 0.15) is 0 Å². The van der Waals surface area contributed by atoms with Crippen molar-refractivity contribution in [2.75, 3.05) is 13.2 Å². The van der Waals surface area contributed by atoms with Crippen LogP contribution in [0.1, 0.15) is 32.4 Å². The molecule has 0 amide bonds. The number of aliphatic hydroxyl groups is 1. The van der Waals surface area contributed by atoms with Gasteiger partial charge in [0.25, 0.3) is 0 Å². The Labute approximate surface area is 101 Å². The van der Waals surface area contributed by atoms with Crippen molar-refractivity contribution >= 4 is 11.6 Å². The highest BCUT2D eigenvalue weighted by Crippen LogP contribution is 2.38. The minimum absolute atomic E-state index is 0.462.